The Morgan fingerprint density at radius 1 is 0.900 bits per heavy atom. The van der Waals surface area contributed by atoms with Crippen LogP contribution in [0.1, 0.15) is 27.0 Å². The topological polar surface area (TPSA) is 77.0 Å². The smallest absolute Gasteiger partial charge is 0.343 e. The largest absolute Gasteiger partial charge is 0.484 e. The SMILES string of the molecule is Cc1ccc(C(=O)Oc2ccc(/C=N/NC(=O)COc3cccc(C)c3)cc2)cc1. The molecule has 0 aromatic heterocycles. The highest BCUT2D eigenvalue weighted by Gasteiger charge is 2.08. The van der Waals surface area contributed by atoms with Gasteiger partial charge in [0.15, 0.2) is 6.61 Å². The van der Waals surface area contributed by atoms with E-state index in [0.717, 1.165) is 16.7 Å². The van der Waals surface area contributed by atoms with Crippen LogP contribution in [0.4, 0.5) is 0 Å². The van der Waals surface area contributed by atoms with Gasteiger partial charge < -0.3 is 9.47 Å². The van der Waals surface area contributed by atoms with Gasteiger partial charge in [-0.05, 0) is 73.5 Å². The van der Waals surface area contributed by atoms with Crippen molar-refractivity contribution in [2.45, 2.75) is 13.8 Å². The van der Waals surface area contributed by atoms with Gasteiger partial charge in [-0.3, -0.25) is 4.79 Å². The monoisotopic (exact) mass is 402 g/mol. The molecule has 152 valence electrons. The molecule has 0 radical (unpaired) electrons. The van der Waals surface area contributed by atoms with Gasteiger partial charge in [0.25, 0.3) is 5.91 Å². The minimum absolute atomic E-state index is 0.130. The second-order valence-corrected chi connectivity index (χ2v) is 6.72. The molecule has 0 bridgehead atoms. The molecular formula is C24H22N2O4. The zero-order chi connectivity index (χ0) is 21.3. The molecule has 0 atom stereocenters. The molecule has 0 aliphatic carbocycles. The van der Waals surface area contributed by atoms with Crippen LogP contribution >= 0.6 is 0 Å². The maximum atomic E-state index is 12.1. The highest BCUT2D eigenvalue weighted by atomic mass is 16.5. The summed E-state index contributed by atoms with van der Waals surface area (Å²) in [5, 5.41) is 3.91. The van der Waals surface area contributed by atoms with Crippen molar-refractivity contribution >= 4 is 18.1 Å². The average molecular weight is 402 g/mol. The lowest BCUT2D eigenvalue weighted by atomic mass is 10.1. The van der Waals surface area contributed by atoms with E-state index in [1.807, 2.05) is 44.2 Å². The molecule has 0 saturated carbocycles. The minimum atomic E-state index is -0.419. The Morgan fingerprint density at radius 2 is 1.63 bits per heavy atom. The summed E-state index contributed by atoms with van der Waals surface area (Å²) in [6, 6.07) is 21.4. The maximum absolute atomic E-state index is 12.1. The number of nitrogens with one attached hydrogen (secondary N) is 1. The summed E-state index contributed by atoms with van der Waals surface area (Å²) >= 11 is 0. The Hall–Kier alpha value is -3.93. The first-order valence-corrected chi connectivity index (χ1v) is 9.40. The fourth-order valence-electron chi connectivity index (χ4n) is 2.54. The first-order chi connectivity index (χ1) is 14.5. The molecule has 0 unspecified atom stereocenters. The van der Waals surface area contributed by atoms with Crippen molar-refractivity contribution < 1.29 is 19.1 Å². The number of rotatable bonds is 7. The van der Waals surface area contributed by atoms with Crippen LogP contribution in [0.15, 0.2) is 77.9 Å². The molecule has 6 heteroatoms. The third-order valence-electron chi connectivity index (χ3n) is 4.14. The second-order valence-electron chi connectivity index (χ2n) is 6.72. The van der Waals surface area contributed by atoms with Gasteiger partial charge in [-0.2, -0.15) is 5.10 Å². The molecule has 3 aromatic rings. The van der Waals surface area contributed by atoms with Crippen LogP contribution in [0.5, 0.6) is 11.5 Å². The van der Waals surface area contributed by atoms with Crippen LogP contribution in [0.2, 0.25) is 0 Å². The Labute approximate surface area is 175 Å². The normalized spacial score (nSPS) is 10.6. The standard InChI is InChI=1S/C24H22N2O4/c1-17-6-10-20(11-7-17)24(28)30-21-12-8-19(9-13-21)15-25-26-23(27)16-29-22-5-3-4-18(2)14-22/h3-15H,16H2,1-2H3,(H,26,27)/b25-15+. The maximum Gasteiger partial charge on any atom is 0.343 e. The molecule has 30 heavy (non-hydrogen) atoms. The van der Waals surface area contributed by atoms with Gasteiger partial charge in [0.2, 0.25) is 0 Å². The summed E-state index contributed by atoms with van der Waals surface area (Å²) in [4.78, 5) is 23.9. The number of esters is 1. The van der Waals surface area contributed by atoms with E-state index in [1.54, 1.807) is 42.5 Å². The summed E-state index contributed by atoms with van der Waals surface area (Å²) in [7, 11) is 0. The Bertz CT molecular complexity index is 1040. The summed E-state index contributed by atoms with van der Waals surface area (Å²) in [5.41, 5.74) is 5.77. The number of nitrogens with zero attached hydrogens (tertiary/aromatic N) is 1. The first kappa shape index (κ1) is 20.8. The van der Waals surface area contributed by atoms with Gasteiger partial charge in [-0.15, -0.1) is 0 Å². The van der Waals surface area contributed by atoms with Crippen molar-refractivity contribution in [3.63, 3.8) is 0 Å². The highest BCUT2D eigenvalue weighted by Crippen LogP contribution is 2.14. The van der Waals surface area contributed by atoms with E-state index in [4.69, 9.17) is 9.47 Å². The molecular weight excluding hydrogens is 380 g/mol. The van der Waals surface area contributed by atoms with Crippen molar-refractivity contribution in [1.29, 1.82) is 0 Å². The predicted octanol–water partition coefficient (Wildman–Crippen LogP) is 4.05. The highest BCUT2D eigenvalue weighted by molar-refractivity contribution is 5.91. The molecule has 0 aliphatic rings. The lowest BCUT2D eigenvalue weighted by Gasteiger charge is -2.06. The lowest BCUT2D eigenvalue weighted by molar-refractivity contribution is -0.123. The van der Waals surface area contributed by atoms with Crippen molar-refractivity contribution in [2.75, 3.05) is 6.61 Å². The Kier molecular flexibility index (Phi) is 6.95. The number of hydrogen-bond donors (Lipinski definition) is 1. The van der Waals surface area contributed by atoms with Crippen LogP contribution in [0.3, 0.4) is 0 Å². The second kappa shape index (κ2) is 10.0. The molecule has 0 heterocycles. The van der Waals surface area contributed by atoms with E-state index in [0.29, 0.717) is 17.1 Å². The van der Waals surface area contributed by atoms with Gasteiger partial charge in [-0.25, -0.2) is 10.2 Å². The number of benzene rings is 3. The summed E-state index contributed by atoms with van der Waals surface area (Å²) in [6.07, 6.45) is 1.50. The third-order valence-corrected chi connectivity index (χ3v) is 4.14. The minimum Gasteiger partial charge on any atom is -0.484 e. The van der Waals surface area contributed by atoms with Crippen LogP contribution in [-0.2, 0) is 4.79 Å². The molecule has 0 saturated heterocycles. The van der Waals surface area contributed by atoms with Gasteiger partial charge >= 0.3 is 5.97 Å². The summed E-state index contributed by atoms with van der Waals surface area (Å²) < 4.78 is 10.8. The molecule has 0 spiro atoms. The number of amides is 1. The molecule has 3 rings (SSSR count). The van der Waals surface area contributed by atoms with E-state index < -0.39 is 5.97 Å². The van der Waals surface area contributed by atoms with Crippen LogP contribution in [0, 0.1) is 13.8 Å². The van der Waals surface area contributed by atoms with Gasteiger partial charge in [-0.1, -0.05) is 29.8 Å². The van der Waals surface area contributed by atoms with Crippen molar-refractivity contribution in [1.82, 2.24) is 5.43 Å². The summed E-state index contributed by atoms with van der Waals surface area (Å²) in [6.45, 7) is 3.77. The zero-order valence-corrected chi connectivity index (χ0v) is 16.8. The average Bonchev–Trinajstić information content (AvgIpc) is 2.74. The van der Waals surface area contributed by atoms with Gasteiger partial charge in [0, 0.05) is 0 Å². The number of carbonyl (C=O) groups is 2. The van der Waals surface area contributed by atoms with Crippen molar-refractivity contribution in [3.8, 4) is 11.5 Å². The quantitative estimate of drug-likeness (QED) is 0.280. The number of ether oxygens (including phenoxy) is 2. The molecule has 3 aromatic carbocycles. The molecule has 0 aliphatic heterocycles. The number of aryl methyl sites for hydroxylation is 2. The number of hydrazone groups is 1. The van der Waals surface area contributed by atoms with Crippen molar-refractivity contribution in [2.24, 2.45) is 5.10 Å². The van der Waals surface area contributed by atoms with E-state index in [2.05, 4.69) is 10.5 Å². The fourth-order valence-corrected chi connectivity index (χ4v) is 2.54. The number of carbonyl (C=O) groups excluding carboxylic acids is 2. The lowest BCUT2D eigenvalue weighted by Crippen LogP contribution is -2.24. The van der Waals surface area contributed by atoms with E-state index in [9.17, 15) is 9.59 Å². The fraction of sp³-hybridized carbons (Fsp3) is 0.125. The van der Waals surface area contributed by atoms with Crippen LogP contribution < -0.4 is 14.9 Å². The molecule has 0 fully saturated rings. The number of hydrogen-bond acceptors (Lipinski definition) is 5. The predicted molar refractivity (Wildman–Crippen MR) is 115 cm³/mol. The van der Waals surface area contributed by atoms with E-state index in [1.165, 1.54) is 6.21 Å². The summed E-state index contributed by atoms with van der Waals surface area (Å²) in [5.74, 6) is 0.270. The van der Waals surface area contributed by atoms with E-state index in [-0.39, 0.29) is 12.5 Å². The third kappa shape index (κ3) is 6.31. The zero-order valence-electron chi connectivity index (χ0n) is 16.8. The molecule has 1 N–H and O–H groups in total. The first-order valence-electron chi connectivity index (χ1n) is 9.40. The van der Waals surface area contributed by atoms with E-state index >= 15 is 0 Å². The Balaban J connectivity index is 1.46. The van der Waals surface area contributed by atoms with Crippen LogP contribution in [0.25, 0.3) is 0 Å². The molecule has 1 amide bonds. The Morgan fingerprint density at radius 3 is 2.33 bits per heavy atom. The van der Waals surface area contributed by atoms with Gasteiger partial charge in [0.1, 0.15) is 11.5 Å². The van der Waals surface area contributed by atoms with Crippen LogP contribution in [-0.4, -0.2) is 24.7 Å². The van der Waals surface area contributed by atoms with Crippen molar-refractivity contribution in [3.05, 3.63) is 95.1 Å². The van der Waals surface area contributed by atoms with Gasteiger partial charge in [0.05, 0.1) is 11.8 Å². The molecule has 6 nitrogen and oxygen atoms in total.